The lowest BCUT2D eigenvalue weighted by Crippen LogP contribution is -2.49. The Labute approximate surface area is 117 Å². The van der Waals surface area contributed by atoms with Crippen LogP contribution in [-0.4, -0.2) is 54.0 Å². The number of ether oxygens (including phenoxy) is 1. The summed E-state index contributed by atoms with van der Waals surface area (Å²) in [6.07, 6.45) is 1.77. The summed E-state index contributed by atoms with van der Waals surface area (Å²) in [5.74, 6) is 0. The molecule has 1 fully saturated rings. The molecule has 1 aromatic rings. The molecule has 2 rings (SSSR count). The second-order valence-corrected chi connectivity index (χ2v) is 5.71. The number of amides is 1. The fourth-order valence-electron chi connectivity index (χ4n) is 1.89. The van der Waals surface area contributed by atoms with E-state index in [1.807, 2.05) is 6.92 Å². The van der Waals surface area contributed by atoms with Gasteiger partial charge in [0.1, 0.15) is 5.01 Å². The Balaban J connectivity index is 1.77. The van der Waals surface area contributed by atoms with Gasteiger partial charge in [0, 0.05) is 26.2 Å². The molecule has 0 aliphatic carbocycles. The molecule has 1 aliphatic heterocycles. The molecule has 1 saturated heterocycles. The van der Waals surface area contributed by atoms with Crippen LogP contribution in [0.4, 0.5) is 9.93 Å². The summed E-state index contributed by atoms with van der Waals surface area (Å²) in [5.41, 5.74) is 0. The van der Waals surface area contributed by atoms with Gasteiger partial charge in [0.15, 0.2) is 0 Å². The number of anilines is 1. The van der Waals surface area contributed by atoms with Crippen LogP contribution < -0.4 is 4.90 Å². The molecule has 1 aliphatic rings. The van der Waals surface area contributed by atoms with Gasteiger partial charge in [-0.1, -0.05) is 24.7 Å². The molecule has 0 aromatic carbocycles. The number of carbonyl (C=O) groups is 1. The molecule has 106 valence electrons. The predicted octanol–water partition coefficient (Wildman–Crippen LogP) is 1.91. The molecule has 19 heavy (non-hydrogen) atoms. The zero-order valence-electron chi connectivity index (χ0n) is 11.5. The van der Waals surface area contributed by atoms with Crippen molar-refractivity contribution >= 4 is 22.6 Å². The minimum absolute atomic E-state index is 0.193. The number of hydrogen-bond donors (Lipinski definition) is 0. The Morgan fingerprint density at radius 1 is 1.32 bits per heavy atom. The molecule has 0 radical (unpaired) electrons. The topological polar surface area (TPSA) is 58.6 Å². The Kier molecular flexibility index (Phi) is 4.95. The minimum Gasteiger partial charge on any atom is -0.449 e. The van der Waals surface area contributed by atoms with Crippen LogP contribution in [0, 0.1) is 6.92 Å². The summed E-state index contributed by atoms with van der Waals surface area (Å²) in [6.45, 7) is 7.49. The molecular weight excluding hydrogens is 264 g/mol. The normalized spacial score (nSPS) is 15.7. The van der Waals surface area contributed by atoms with Gasteiger partial charge < -0.3 is 14.5 Å². The lowest BCUT2D eigenvalue weighted by molar-refractivity contribution is 0.0989. The van der Waals surface area contributed by atoms with Crippen LogP contribution in [0.15, 0.2) is 0 Å². The first-order chi connectivity index (χ1) is 9.20. The average molecular weight is 284 g/mol. The van der Waals surface area contributed by atoms with Crippen molar-refractivity contribution in [2.24, 2.45) is 0 Å². The average Bonchev–Trinajstić information content (AvgIpc) is 2.86. The van der Waals surface area contributed by atoms with Crippen molar-refractivity contribution in [2.75, 3.05) is 37.7 Å². The fourth-order valence-corrected chi connectivity index (χ4v) is 2.63. The molecule has 7 heteroatoms. The number of hydrogen-bond acceptors (Lipinski definition) is 6. The summed E-state index contributed by atoms with van der Waals surface area (Å²) < 4.78 is 5.21. The van der Waals surface area contributed by atoms with Crippen LogP contribution >= 0.6 is 11.3 Å². The van der Waals surface area contributed by atoms with E-state index in [2.05, 4.69) is 22.0 Å². The Hall–Kier alpha value is -1.37. The Morgan fingerprint density at radius 3 is 2.63 bits per heavy atom. The maximum Gasteiger partial charge on any atom is 0.409 e. The summed E-state index contributed by atoms with van der Waals surface area (Å²) in [6, 6.07) is 0. The largest absolute Gasteiger partial charge is 0.449 e. The smallest absolute Gasteiger partial charge is 0.409 e. The standard InChI is InChI=1S/C12H20N4O2S/c1-3-4-9-18-12(17)16-7-5-15(6-8-16)11-14-13-10(2)19-11/h3-9H2,1-2H3. The van der Waals surface area contributed by atoms with Crippen LogP contribution in [0.2, 0.25) is 0 Å². The zero-order valence-corrected chi connectivity index (χ0v) is 12.3. The van der Waals surface area contributed by atoms with Gasteiger partial charge in [0.25, 0.3) is 0 Å². The van der Waals surface area contributed by atoms with Gasteiger partial charge in [-0.2, -0.15) is 0 Å². The van der Waals surface area contributed by atoms with Crippen LogP contribution in [0.5, 0.6) is 0 Å². The predicted molar refractivity (Wildman–Crippen MR) is 74.7 cm³/mol. The monoisotopic (exact) mass is 284 g/mol. The van der Waals surface area contributed by atoms with Gasteiger partial charge >= 0.3 is 6.09 Å². The molecule has 0 bridgehead atoms. The molecule has 0 spiro atoms. The fraction of sp³-hybridized carbons (Fsp3) is 0.750. The highest BCUT2D eigenvalue weighted by Crippen LogP contribution is 2.20. The molecule has 0 atom stereocenters. The highest BCUT2D eigenvalue weighted by atomic mass is 32.1. The third-order valence-electron chi connectivity index (χ3n) is 3.05. The van der Waals surface area contributed by atoms with Gasteiger partial charge in [0.2, 0.25) is 5.13 Å². The Morgan fingerprint density at radius 2 is 2.05 bits per heavy atom. The number of piperazine rings is 1. The van der Waals surface area contributed by atoms with Crippen molar-refractivity contribution in [2.45, 2.75) is 26.7 Å². The summed E-state index contributed by atoms with van der Waals surface area (Å²) in [5, 5.41) is 10.1. The second-order valence-electron chi connectivity index (χ2n) is 4.55. The van der Waals surface area contributed by atoms with Crippen LogP contribution in [-0.2, 0) is 4.74 Å². The van der Waals surface area contributed by atoms with Gasteiger partial charge in [0.05, 0.1) is 6.61 Å². The van der Waals surface area contributed by atoms with E-state index in [-0.39, 0.29) is 6.09 Å². The number of aromatic nitrogens is 2. The first kappa shape index (κ1) is 14.0. The highest BCUT2D eigenvalue weighted by molar-refractivity contribution is 7.15. The quantitative estimate of drug-likeness (QED) is 0.790. The van der Waals surface area contributed by atoms with E-state index in [1.54, 1.807) is 16.2 Å². The lowest BCUT2D eigenvalue weighted by atomic mass is 10.3. The number of unbranched alkanes of at least 4 members (excludes halogenated alkanes) is 1. The number of rotatable bonds is 4. The first-order valence-corrected chi connectivity index (χ1v) is 7.49. The molecular formula is C12H20N4O2S. The molecule has 0 N–H and O–H groups in total. The summed E-state index contributed by atoms with van der Waals surface area (Å²) >= 11 is 1.59. The van der Waals surface area contributed by atoms with Crippen molar-refractivity contribution < 1.29 is 9.53 Å². The number of aryl methyl sites for hydroxylation is 1. The van der Waals surface area contributed by atoms with E-state index in [4.69, 9.17) is 4.74 Å². The van der Waals surface area contributed by atoms with Crippen molar-refractivity contribution in [1.29, 1.82) is 0 Å². The SMILES string of the molecule is CCCCOC(=O)N1CCN(c2nnc(C)s2)CC1. The van der Waals surface area contributed by atoms with Crippen LogP contribution in [0.3, 0.4) is 0 Å². The van der Waals surface area contributed by atoms with Gasteiger partial charge in [-0.15, -0.1) is 10.2 Å². The van der Waals surface area contributed by atoms with Crippen molar-refractivity contribution in [1.82, 2.24) is 15.1 Å². The van der Waals surface area contributed by atoms with Crippen molar-refractivity contribution in [3.05, 3.63) is 5.01 Å². The maximum atomic E-state index is 11.8. The molecule has 0 unspecified atom stereocenters. The summed E-state index contributed by atoms with van der Waals surface area (Å²) in [4.78, 5) is 15.7. The molecule has 1 aromatic heterocycles. The molecule has 2 heterocycles. The molecule has 1 amide bonds. The summed E-state index contributed by atoms with van der Waals surface area (Å²) in [7, 11) is 0. The highest BCUT2D eigenvalue weighted by Gasteiger charge is 2.23. The third kappa shape index (κ3) is 3.79. The van der Waals surface area contributed by atoms with Gasteiger partial charge in [-0.3, -0.25) is 0 Å². The van der Waals surface area contributed by atoms with E-state index in [0.29, 0.717) is 19.7 Å². The molecule has 0 saturated carbocycles. The van der Waals surface area contributed by atoms with Crippen molar-refractivity contribution in [3.8, 4) is 0 Å². The van der Waals surface area contributed by atoms with Crippen LogP contribution in [0.1, 0.15) is 24.8 Å². The van der Waals surface area contributed by atoms with Crippen LogP contribution in [0.25, 0.3) is 0 Å². The Bertz CT molecular complexity index is 416. The maximum absolute atomic E-state index is 11.8. The first-order valence-electron chi connectivity index (χ1n) is 6.67. The number of nitrogens with zero attached hydrogens (tertiary/aromatic N) is 4. The van der Waals surface area contributed by atoms with Gasteiger partial charge in [-0.05, 0) is 13.3 Å². The lowest BCUT2D eigenvalue weighted by Gasteiger charge is -2.33. The second kappa shape index (κ2) is 6.70. The zero-order chi connectivity index (χ0) is 13.7. The van der Waals surface area contributed by atoms with Gasteiger partial charge in [-0.25, -0.2) is 4.79 Å². The van der Waals surface area contributed by atoms with E-state index >= 15 is 0 Å². The van der Waals surface area contributed by atoms with E-state index in [1.165, 1.54) is 0 Å². The minimum atomic E-state index is -0.193. The van der Waals surface area contributed by atoms with E-state index < -0.39 is 0 Å². The van der Waals surface area contributed by atoms with E-state index in [0.717, 1.165) is 36.1 Å². The number of carbonyl (C=O) groups excluding carboxylic acids is 1. The van der Waals surface area contributed by atoms with Crippen molar-refractivity contribution in [3.63, 3.8) is 0 Å². The third-order valence-corrected chi connectivity index (χ3v) is 3.95. The van der Waals surface area contributed by atoms with E-state index in [9.17, 15) is 4.79 Å². The molecule has 6 nitrogen and oxygen atoms in total.